The van der Waals surface area contributed by atoms with Crippen molar-refractivity contribution in [3.63, 3.8) is 0 Å². The zero-order valence-corrected chi connectivity index (χ0v) is 15.2. The van der Waals surface area contributed by atoms with E-state index in [1.54, 1.807) is 0 Å². The minimum absolute atomic E-state index is 0. The first-order chi connectivity index (χ1) is 12.9. The average Bonchev–Trinajstić information content (AvgIpc) is 2.70. The van der Waals surface area contributed by atoms with E-state index >= 15 is 0 Å². The molecule has 0 radical (unpaired) electrons. The Morgan fingerprint density at radius 1 is 0.481 bits per heavy atom. The predicted molar refractivity (Wildman–Crippen MR) is 117 cm³/mol. The molecule has 0 amide bonds. The van der Waals surface area contributed by atoms with Crippen LogP contribution < -0.4 is 0 Å². The summed E-state index contributed by atoms with van der Waals surface area (Å²) in [5, 5.41) is 5.60. The summed E-state index contributed by atoms with van der Waals surface area (Å²) in [4.78, 5) is 0. The Balaban J connectivity index is 0.000000129. The van der Waals surface area contributed by atoms with Crippen molar-refractivity contribution < 1.29 is 5.48 Å². The van der Waals surface area contributed by atoms with Crippen LogP contribution in [0.4, 0.5) is 0 Å². The molecule has 0 fully saturated rings. The standard InChI is InChI=1S/2C13H10.H2O/c2*1-4-10-6-2-8-12-9-3-7-11(5-1)13(10)12;/h2*1-8H,9H2;1H2. The van der Waals surface area contributed by atoms with Crippen LogP contribution in [0.5, 0.6) is 0 Å². The molecule has 0 aromatic heterocycles. The van der Waals surface area contributed by atoms with Gasteiger partial charge in [-0.1, -0.05) is 97.1 Å². The zero-order chi connectivity index (χ0) is 17.3. The van der Waals surface area contributed by atoms with Crippen LogP contribution in [-0.2, 0) is 12.8 Å². The molecule has 2 aliphatic carbocycles. The molecule has 0 bridgehead atoms. The minimum Gasteiger partial charge on any atom is -0.412 e. The van der Waals surface area contributed by atoms with E-state index in [0.29, 0.717) is 0 Å². The van der Waals surface area contributed by atoms with E-state index in [-0.39, 0.29) is 5.48 Å². The van der Waals surface area contributed by atoms with Gasteiger partial charge in [0.25, 0.3) is 0 Å². The average molecular weight is 350 g/mol. The quantitative estimate of drug-likeness (QED) is 0.373. The topological polar surface area (TPSA) is 31.5 Å². The minimum atomic E-state index is 0. The van der Waals surface area contributed by atoms with Crippen molar-refractivity contribution >= 4 is 33.7 Å². The van der Waals surface area contributed by atoms with Gasteiger partial charge in [-0.15, -0.1) is 0 Å². The first kappa shape index (κ1) is 17.3. The molecular formula is C26H22O. The fraction of sp³-hybridized carbons (Fsp3) is 0.0769. The number of hydrogen-bond acceptors (Lipinski definition) is 0. The summed E-state index contributed by atoms with van der Waals surface area (Å²) >= 11 is 0. The lowest BCUT2D eigenvalue weighted by Crippen LogP contribution is -1.91. The van der Waals surface area contributed by atoms with Gasteiger partial charge in [0.2, 0.25) is 0 Å². The monoisotopic (exact) mass is 350 g/mol. The van der Waals surface area contributed by atoms with Gasteiger partial charge in [-0.2, -0.15) is 0 Å². The second kappa shape index (κ2) is 7.22. The van der Waals surface area contributed by atoms with Gasteiger partial charge in [0, 0.05) is 0 Å². The van der Waals surface area contributed by atoms with Crippen molar-refractivity contribution in [2.24, 2.45) is 0 Å². The molecule has 6 rings (SSSR count). The van der Waals surface area contributed by atoms with Gasteiger partial charge in [-0.25, -0.2) is 0 Å². The SMILES string of the molecule is C1=Cc2cccc3cccc(c23)C1.C1=Cc2cccc3cccc(c23)C1.O. The number of allylic oxidation sites excluding steroid dienone is 2. The number of benzene rings is 4. The number of hydrogen-bond donors (Lipinski definition) is 0. The first-order valence-corrected chi connectivity index (χ1v) is 9.24. The molecule has 132 valence electrons. The van der Waals surface area contributed by atoms with Crippen molar-refractivity contribution in [1.29, 1.82) is 0 Å². The van der Waals surface area contributed by atoms with E-state index in [1.807, 2.05) is 0 Å². The summed E-state index contributed by atoms with van der Waals surface area (Å²) in [6, 6.07) is 26.1. The highest BCUT2D eigenvalue weighted by Gasteiger charge is 2.07. The van der Waals surface area contributed by atoms with Gasteiger partial charge >= 0.3 is 0 Å². The van der Waals surface area contributed by atoms with Crippen molar-refractivity contribution in [2.75, 3.05) is 0 Å². The Morgan fingerprint density at radius 3 is 1.33 bits per heavy atom. The highest BCUT2D eigenvalue weighted by atomic mass is 16.0. The fourth-order valence-corrected chi connectivity index (χ4v) is 4.14. The fourth-order valence-electron chi connectivity index (χ4n) is 4.14. The summed E-state index contributed by atoms with van der Waals surface area (Å²) in [5.74, 6) is 0. The second-order valence-electron chi connectivity index (χ2n) is 6.94. The van der Waals surface area contributed by atoms with E-state index < -0.39 is 0 Å². The Morgan fingerprint density at radius 2 is 0.889 bits per heavy atom. The van der Waals surface area contributed by atoms with Gasteiger partial charge in [0.15, 0.2) is 0 Å². The summed E-state index contributed by atoms with van der Waals surface area (Å²) in [6.45, 7) is 0. The van der Waals surface area contributed by atoms with E-state index in [4.69, 9.17) is 0 Å². The first-order valence-electron chi connectivity index (χ1n) is 9.24. The molecule has 0 spiro atoms. The maximum Gasteiger partial charge on any atom is -0.00763 e. The molecule has 4 aromatic carbocycles. The van der Waals surface area contributed by atoms with Gasteiger partial charge in [-0.3, -0.25) is 0 Å². The molecule has 0 heterocycles. The van der Waals surface area contributed by atoms with Crippen LogP contribution in [0.1, 0.15) is 22.3 Å². The second-order valence-corrected chi connectivity index (χ2v) is 6.94. The Kier molecular flexibility index (Phi) is 4.62. The van der Waals surface area contributed by atoms with Crippen molar-refractivity contribution in [1.82, 2.24) is 0 Å². The summed E-state index contributed by atoms with van der Waals surface area (Å²) in [6.07, 6.45) is 11.1. The molecule has 0 saturated heterocycles. The maximum atomic E-state index is 2.23. The van der Waals surface area contributed by atoms with Crippen LogP contribution in [0.3, 0.4) is 0 Å². The lowest BCUT2D eigenvalue weighted by atomic mass is 9.93. The molecule has 2 N–H and O–H groups in total. The molecule has 1 heteroatoms. The molecule has 1 nitrogen and oxygen atoms in total. The Labute approximate surface area is 159 Å². The van der Waals surface area contributed by atoms with Crippen molar-refractivity contribution in [3.8, 4) is 0 Å². The third-order valence-corrected chi connectivity index (χ3v) is 5.32. The highest BCUT2D eigenvalue weighted by Crippen LogP contribution is 2.28. The van der Waals surface area contributed by atoms with Crippen molar-refractivity contribution in [3.05, 3.63) is 107 Å². The van der Waals surface area contributed by atoms with E-state index in [0.717, 1.165) is 12.8 Å². The van der Waals surface area contributed by atoms with E-state index in [9.17, 15) is 0 Å². The maximum absolute atomic E-state index is 2.23. The summed E-state index contributed by atoms with van der Waals surface area (Å²) < 4.78 is 0. The summed E-state index contributed by atoms with van der Waals surface area (Å²) in [7, 11) is 0. The van der Waals surface area contributed by atoms with Crippen LogP contribution in [0.15, 0.2) is 84.9 Å². The smallest absolute Gasteiger partial charge is 0.00763 e. The zero-order valence-electron chi connectivity index (χ0n) is 15.2. The van der Waals surface area contributed by atoms with Crippen LogP contribution >= 0.6 is 0 Å². The molecule has 2 aliphatic rings. The van der Waals surface area contributed by atoms with Crippen LogP contribution in [0.25, 0.3) is 33.7 Å². The van der Waals surface area contributed by atoms with E-state index in [2.05, 4.69) is 97.1 Å². The third-order valence-electron chi connectivity index (χ3n) is 5.32. The third kappa shape index (κ3) is 3.07. The van der Waals surface area contributed by atoms with Gasteiger partial charge in [0.1, 0.15) is 0 Å². The largest absolute Gasteiger partial charge is 0.412 e. The van der Waals surface area contributed by atoms with Gasteiger partial charge < -0.3 is 5.48 Å². The van der Waals surface area contributed by atoms with Gasteiger partial charge in [-0.05, 0) is 56.6 Å². The Hall–Kier alpha value is -3.16. The lowest BCUT2D eigenvalue weighted by Gasteiger charge is -2.11. The molecule has 0 saturated carbocycles. The molecule has 0 atom stereocenters. The normalized spacial score (nSPS) is 13.0. The molecular weight excluding hydrogens is 328 g/mol. The Bertz CT molecular complexity index is 1080. The van der Waals surface area contributed by atoms with Crippen LogP contribution in [0.2, 0.25) is 0 Å². The van der Waals surface area contributed by atoms with Crippen LogP contribution in [0, 0.1) is 0 Å². The highest BCUT2D eigenvalue weighted by molar-refractivity contribution is 5.95. The van der Waals surface area contributed by atoms with Crippen molar-refractivity contribution in [2.45, 2.75) is 12.8 Å². The van der Waals surface area contributed by atoms with E-state index in [1.165, 1.54) is 43.8 Å². The number of rotatable bonds is 0. The summed E-state index contributed by atoms with van der Waals surface area (Å²) in [5.41, 5.74) is 5.63. The predicted octanol–water partition coefficient (Wildman–Crippen LogP) is 5.99. The van der Waals surface area contributed by atoms with Gasteiger partial charge in [0.05, 0.1) is 0 Å². The lowest BCUT2D eigenvalue weighted by molar-refractivity contribution is 0.824. The molecule has 27 heavy (non-hydrogen) atoms. The molecule has 0 unspecified atom stereocenters. The molecule has 0 aliphatic heterocycles. The molecule has 4 aromatic rings. The van der Waals surface area contributed by atoms with Crippen LogP contribution in [-0.4, -0.2) is 5.48 Å².